The molecule has 0 saturated carbocycles. The van der Waals surface area contributed by atoms with Crippen molar-refractivity contribution in [2.45, 2.75) is 0 Å². The summed E-state index contributed by atoms with van der Waals surface area (Å²) in [6, 6.07) is 1.56. The average molecular weight is 204 g/mol. The molecule has 0 aliphatic carbocycles. The number of hydrogen-bond donors (Lipinski definition) is 1. The van der Waals surface area contributed by atoms with Crippen LogP contribution >= 0.6 is 15.9 Å². The van der Waals surface area contributed by atoms with E-state index in [-0.39, 0.29) is 0 Å². The number of hydrogen-bond acceptors (Lipinski definition) is 4. The van der Waals surface area contributed by atoms with Gasteiger partial charge in [-0.05, 0) is 15.9 Å². The van der Waals surface area contributed by atoms with Crippen molar-refractivity contribution < 1.29 is 4.74 Å². The van der Waals surface area contributed by atoms with Crippen molar-refractivity contribution >= 4 is 21.7 Å². The Labute approximate surface area is 66.6 Å². The first-order chi connectivity index (χ1) is 4.83. The number of ether oxygens (including phenoxy) is 1. The van der Waals surface area contributed by atoms with Crippen LogP contribution in [0.4, 0.5) is 5.82 Å². The van der Waals surface area contributed by atoms with Crippen LogP contribution in [0.25, 0.3) is 0 Å². The van der Waals surface area contributed by atoms with E-state index in [2.05, 4.69) is 25.9 Å². The van der Waals surface area contributed by atoms with Gasteiger partial charge in [-0.25, -0.2) is 9.97 Å². The normalized spacial score (nSPS) is 9.30. The van der Waals surface area contributed by atoms with Gasteiger partial charge in [-0.1, -0.05) is 0 Å². The Morgan fingerprint density at radius 2 is 2.40 bits per heavy atom. The van der Waals surface area contributed by atoms with E-state index in [1.165, 1.54) is 6.33 Å². The fraction of sp³-hybridized carbons (Fsp3) is 0.200. The molecule has 0 saturated heterocycles. The minimum atomic E-state index is 0.406. The number of anilines is 1. The van der Waals surface area contributed by atoms with Gasteiger partial charge in [0.2, 0.25) is 5.88 Å². The fourth-order valence-electron chi connectivity index (χ4n) is 0.488. The van der Waals surface area contributed by atoms with Gasteiger partial charge in [0.15, 0.2) is 0 Å². The molecule has 4 nitrogen and oxygen atoms in total. The van der Waals surface area contributed by atoms with Crippen LogP contribution in [0.15, 0.2) is 12.4 Å². The quantitative estimate of drug-likeness (QED) is 0.723. The molecule has 0 bridgehead atoms. The predicted molar refractivity (Wildman–Crippen MR) is 40.9 cm³/mol. The first kappa shape index (κ1) is 7.27. The van der Waals surface area contributed by atoms with Gasteiger partial charge < -0.3 is 10.5 Å². The maximum atomic E-state index is 5.34. The van der Waals surface area contributed by atoms with E-state index in [1.54, 1.807) is 6.07 Å². The average Bonchev–Trinajstić information content (AvgIpc) is 1.88. The lowest BCUT2D eigenvalue weighted by Crippen LogP contribution is -1.95. The SMILES string of the molecule is Nc1cc(OCBr)ncn1. The van der Waals surface area contributed by atoms with Crippen molar-refractivity contribution in [3.05, 3.63) is 12.4 Å². The Kier molecular flexibility index (Phi) is 2.44. The predicted octanol–water partition coefficient (Wildman–Crippen LogP) is 0.790. The van der Waals surface area contributed by atoms with Crippen molar-refractivity contribution in [3.63, 3.8) is 0 Å². The molecule has 0 aliphatic heterocycles. The van der Waals surface area contributed by atoms with Crippen molar-refractivity contribution in [2.24, 2.45) is 0 Å². The lowest BCUT2D eigenvalue weighted by molar-refractivity contribution is 0.381. The molecule has 0 aliphatic rings. The first-order valence-electron chi connectivity index (χ1n) is 2.59. The smallest absolute Gasteiger partial charge is 0.219 e. The first-order valence-corrected chi connectivity index (χ1v) is 3.71. The van der Waals surface area contributed by atoms with Gasteiger partial charge >= 0.3 is 0 Å². The van der Waals surface area contributed by atoms with E-state index in [0.29, 0.717) is 17.2 Å². The number of rotatable bonds is 2. The van der Waals surface area contributed by atoms with Gasteiger partial charge in [0.25, 0.3) is 0 Å². The van der Waals surface area contributed by atoms with E-state index in [0.717, 1.165) is 0 Å². The van der Waals surface area contributed by atoms with Crippen LogP contribution in [0.1, 0.15) is 0 Å². The number of nitrogens with two attached hydrogens (primary N) is 1. The van der Waals surface area contributed by atoms with Gasteiger partial charge in [-0.15, -0.1) is 0 Å². The lowest BCUT2D eigenvalue weighted by atomic mass is 10.6. The molecule has 0 fully saturated rings. The molecule has 1 heterocycles. The molecule has 1 rings (SSSR count). The van der Waals surface area contributed by atoms with E-state index in [4.69, 9.17) is 10.5 Å². The fourth-order valence-corrected chi connectivity index (χ4v) is 0.723. The summed E-state index contributed by atoms with van der Waals surface area (Å²) in [7, 11) is 0. The van der Waals surface area contributed by atoms with Crippen LogP contribution in [-0.2, 0) is 0 Å². The molecule has 1 aromatic rings. The summed E-state index contributed by atoms with van der Waals surface area (Å²) in [5.41, 5.74) is 5.75. The largest absolute Gasteiger partial charge is 0.466 e. The summed E-state index contributed by atoms with van der Waals surface area (Å²) >= 11 is 3.09. The number of nitrogen functional groups attached to an aromatic ring is 1. The van der Waals surface area contributed by atoms with E-state index in [9.17, 15) is 0 Å². The molecule has 0 aromatic carbocycles. The minimum Gasteiger partial charge on any atom is -0.466 e. The molecule has 54 valence electrons. The summed E-state index contributed by atoms with van der Waals surface area (Å²) < 4.78 is 4.97. The van der Waals surface area contributed by atoms with Crippen LogP contribution < -0.4 is 10.5 Å². The minimum absolute atomic E-state index is 0.406. The number of aromatic nitrogens is 2. The molecule has 2 N–H and O–H groups in total. The maximum absolute atomic E-state index is 5.34. The monoisotopic (exact) mass is 203 g/mol. The van der Waals surface area contributed by atoms with Crippen LogP contribution in [0, 0.1) is 0 Å². The number of alkyl halides is 1. The Morgan fingerprint density at radius 1 is 1.60 bits per heavy atom. The highest BCUT2D eigenvalue weighted by Gasteiger charge is 1.92. The van der Waals surface area contributed by atoms with E-state index >= 15 is 0 Å². The molecule has 0 radical (unpaired) electrons. The van der Waals surface area contributed by atoms with E-state index in [1.807, 2.05) is 0 Å². The second-order valence-electron chi connectivity index (χ2n) is 1.53. The molecule has 0 amide bonds. The maximum Gasteiger partial charge on any atom is 0.219 e. The summed E-state index contributed by atoms with van der Waals surface area (Å²) in [6.45, 7) is 0. The zero-order valence-corrected chi connectivity index (χ0v) is 6.71. The highest BCUT2D eigenvalue weighted by Crippen LogP contribution is 2.07. The molecular weight excluding hydrogens is 198 g/mol. The summed E-state index contributed by atoms with van der Waals surface area (Å²) in [4.78, 5) is 7.48. The van der Waals surface area contributed by atoms with Crippen LogP contribution in [-0.4, -0.2) is 15.5 Å². The molecule has 5 heteroatoms. The summed E-state index contributed by atoms with van der Waals surface area (Å²) in [5, 5.41) is 0. The highest BCUT2D eigenvalue weighted by atomic mass is 79.9. The Bertz CT molecular complexity index is 218. The van der Waals surface area contributed by atoms with E-state index < -0.39 is 0 Å². The molecule has 0 spiro atoms. The van der Waals surface area contributed by atoms with Gasteiger partial charge in [0.1, 0.15) is 17.7 Å². The number of halogens is 1. The highest BCUT2D eigenvalue weighted by molar-refractivity contribution is 9.09. The van der Waals surface area contributed by atoms with Crippen LogP contribution in [0.5, 0.6) is 5.88 Å². The van der Waals surface area contributed by atoms with Gasteiger partial charge in [0, 0.05) is 6.07 Å². The van der Waals surface area contributed by atoms with Gasteiger partial charge in [-0.2, -0.15) is 0 Å². The molecule has 0 atom stereocenters. The van der Waals surface area contributed by atoms with Crippen LogP contribution in [0.3, 0.4) is 0 Å². The Balaban J connectivity index is 2.75. The van der Waals surface area contributed by atoms with Crippen molar-refractivity contribution in [1.29, 1.82) is 0 Å². The van der Waals surface area contributed by atoms with Crippen molar-refractivity contribution in [2.75, 3.05) is 11.2 Å². The lowest BCUT2D eigenvalue weighted by Gasteiger charge is -1.98. The molecule has 1 aromatic heterocycles. The molecule has 10 heavy (non-hydrogen) atoms. The Morgan fingerprint density at radius 3 is 3.00 bits per heavy atom. The van der Waals surface area contributed by atoms with Gasteiger partial charge in [-0.3, -0.25) is 0 Å². The third-order valence-corrected chi connectivity index (χ3v) is 1.09. The summed E-state index contributed by atoms with van der Waals surface area (Å²) in [6.07, 6.45) is 1.35. The van der Waals surface area contributed by atoms with Crippen molar-refractivity contribution in [1.82, 2.24) is 9.97 Å². The zero-order chi connectivity index (χ0) is 7.40. The van der Waals surface area contributed by atoms with Crippen molar-refractivity contribution in [3.8, 4) is 5.88 Å². The van der Waals surface area contributed by atoms with Gasteiger partial charge in [0.05, 0.1) is 0 Å². The standard InChI is InChI=1S/C5H6BrN3O/c6-2-10-5-1-4(7)8-3-9-5/h1,3H,2H2,(H2,7,8,9). The molecular formula is C5H6BrN3O. The second-order valence-corrected chi connectivity index (χ2v) is 1.99. The third kappa shape index (κ3) is 1.84. The zero-order valence-electron chi connectivity index (χ0n) is 5.12. The van der Waals surface area contributed by atoms with Crippen LogP contribution in [0.2, 0.25) is 0 Å². The third-order valence-electron chi connectivity index (χ3n) is 0.866. The summed E-state index contributed by atoms with van der Waals surface area (Å²) in [5.74, 6) is 0.885. The Hall–Kier alpha value is -0.840. The number of nitrogens with zero attached hydrogens (tertiary/aromatic N) is 2. The molecule has 0 unspecified atom stereocenters. The second kappa shape index (κ2) is 3.36. The topological polar surface area (TPSA) is 61.0 Å².